The number of aliphatic hydroxyl groups is 1. The van der Waals surface area contributed by atoms with E-state index in [0.717, 1.165) is 10.9 Å². The van der Waals surface area contributed by atoms with Gasteiger partial charge < -0.3 is 24.5 Å². The number of nitrogens with zero attached hydrogens (tertiary/aromatic N) is 2. The van der Waals surface area contributed by atoms with E-state index in [-0.39, 0.29) is 18.6 Å². The molecule has 8 nitrogen and oxygen atoms in total. The van der Waals surface area contributed by atoms with E-state index in [1.807, 2.05) is 6.07 Å². The molecule has 0 radical (unpaired) electrons. The van der Waals surface area contributed by atoms with E-state index in [1.165, 1.54) is 0 Å². The molecule has 2 N–H and O–H groups in total. The van der Waals surface area contributed by atoms with Crippen molar-refractivity contribution in [1.82, 2.24) is 9.55 Å². The summed E-state index contributed by atoms with van der Waals surface area (Å²) in [4.78, 5) is 30.3. The van der Waals surface area contributed by atoms with Crippen molar-refractivity contribution in [3.8, 4) is 17.1 Å². The van der Waals surface area contributed by atoms with Crippen molar-refractivity contribution < 1.29 is 19.4 Å². The highest BCUT2D eigenvalue weighted by molar-refractivity contribution is 6.33. The molecular formula is C22H20ClN3O5. The maximum Gasteiger partial charge on any atom is 0.343 e. The smallest absolute Gasteiger partial charge is 0.343 e. The second-order valence-corrected chi connectivity index (χ2v) is 8.09. The highest BCUT2D eigenvalue weighted by Gasteiger charge is 2.45. The molecule has 0 fully saturated rings. The predicted molar refractivity (Wildman–Crippen MR) is 116 cm³/mol. The highest BCUT2D eigenvalue weighted by Crippen LogP contribution is 2.43. The van der Waals surface area contributed by atoms with E-state index in [4.69, 9.17) is 26.1 Å². The number of hydrogen-bond donors (Lipinski definition) is 2. The summed E-state index contributed by atoms with van der Waals surface area (Å²) in [6.45, 7) is 1.85. The van der Waals surface area contributed by atoms with Gasteiger partial charge in [0.05, 0.1) is 46.8 Å². The Bertz CT molecular complexity index is 1350. The van der Waals surface area contributed by atoms with Crippen LogP contribution in [0.25, 0.3) is 22.3 Å². The molecule has 0 amide bonds. The van der Waals surface area contributed by atoms with Gasteiger partial charge in [-0.05, 0) is 24.6 Å². The van der Waals surface area contributed by atoms with Gasteiger partial charge >= 0.3 is 5.97 Å². The summed E-state index contributed by atoms with van der Waals surface area (Å²) >= 11 is 6.39. The standard InChI is InChI=1S/C22H20ClN3O5/c1-4-22(29)13-6-16-17-10(8-26(16)20(27)12(13)9-31-21(22)28)5-11-15(25-17)7-14(23)19(30-3)18(11)24-2/h5-7,24,29H,4,8-9H2,1-3H3/t22-/m0/s1. The first-order valence-electron chi connectivity index (χ1n) is 9.89. The van der Waals surface area contributed by atoms with Gasteiger partial charge in [-0.2, -0.15) is 0 Å². The summed E-state index contributed by atoms with van der Waals surface area (Å²) in [7, 11) is 3.32. The number of halogens is 1. The second kappa shape index (κ2) is 6.70. The van der Waals surface area contributed by atoms with Crippen LogP contribution in [-0.2, 0) is 28.3 Å². The topological polar surface area (TPSA) is 103 Å². The third kappa shape index (κ3) is 2.55. The Balaban J connectivity index is 1.79. The first kappa shape index (κ1) is 19.8. The average molecular weight is 442 g/mol. The Labute approximate surface area is 182 Å². The van der Waals surface area contributed by atoms with E-state index in [9.17, 15) is 14.7 Å². The monoisotopic (exact) mass is 441 g/mol. The van der Waals surface area contributed by atoms with Crippen molar-refractivity contribution in [2.24, 2.45) is 0 Å². The number of benzene rings is 1. The molecule has 1 atom stereocenters. The van der Waals surface area contributed by atoms with Crippen LogP contribution in [0.4, 0.5) is 5.69 Å². The number of esters is 1. The Hall–Kier alpha value is -3.10. The van der Waals surface area contributed by atoms with Crippen LogP contribution in [0.1, 0.15) is 30.0 Å². The molecule has 0 saturated carbocycles. The minimum atomic E-state index is -1.85. The highest BCUT2D eigenvalue weighted by atomic mass is 35.5. The fraction of sp³-hybridized carbons (Fsp3) is 0.318. The molecule has 1 aromatic carbocycles. The van der Waals surface area contributed by atoms with Crippen molar-refractivity contribution >= 4 is 34.2 Å². The van der Waals surface area contributed by atoms with E-state index in [2.05, 4.69) is 5.32 Å². The van der Waals surface area contributed by atoms with E-state index in [1.54, 1.807) is 37.8 Å². The number of nitrogens with one attached hydrogen (secondary N) is 1. The summed E-state index contributed by atoms with van der Waals surface area (Å²) in [5.74, 6) is -0.223. The maximum absolute atomic E-state index is 13.2. The lowest BCUT2D eigenvalue weighted by molar-refractivity contribution is -0.172. The fourth-order valence-electron chi connectivity index (χ4n) is 4.52. The van der Waals surface area contributed by atoms with Gasteiger partial charge in [-0.3, -0.25) is 4.79 Å². The number of carbonyl (C=O) groups excluding carboxylic acids is 1. The molecule has 31 heavy (non-hydrogen) atoms. The molecule has 160 valence electrons. The summed E-state index contributed by atoms with van der Waals surface area (Å²) in [5.41, 5.74) is 1.82. The van der Waals surface area contributed by atoms with E-state index < -0.39 is 11.6 Å². The van der Waals surface area contributed by atoms with Crippen LogP contribution in [0.3, 0.4) is 0 Å². The molecule has 0 unspecified atom stereocenters. The minimum absolute atomic E-state index is 0.0979. The van der Waals surface area contributed by atoms with Crippen LogP contribution in [0, 0.1) is 0 Å². The maximum atomic E-state index is 13.2. The van der Waals surface area contributed by atoms with Gasteiger partial charge in [0.2, 0.25) is 0 Å². The number of anilines is 1. The molecule has 3 aromatic rings. The minimum Gasteiger partial charge on any atom is -0.493 e. The first-order chi connectivity index (χ1) is 14.8. The third-order valence-corrected chi connectivity index (χ3v) is 6.46. The zero-order chi connectivity index (χ0) is 22.1. The van der Waals surface area contributed by atoms with Gasteiger partial charge in [0.1, 0.15) is 6.61 Å². The van der Waals surface area contributed by atoms with Gasteiger partial charge in [-0.15, -0.1) is 0 Å². The fourth-order valence-corrected chi connectivity index (χ4v) is 4.79. The van der Waals surface area contributed by atoms with Gasteiger partial charge in [-0.1, -0.05) is 18.5 Å². The number of aromatic nitrogens is 2. The van der Waals surface area contributed by atoms with Crippen LogP contribution >= 0.6 is 11.6 Å². The van der Waals surface area contributed by atoms with E-state index >= 15 is 0 Å². The van der Waals surface area contributed by atoms with Gasteiger partial charge in [0.15, 0.2) is 11.4 Å². The molecule has 9 heteroatoms. The van der Waals surface area contributed by atoms with Crippen molar-refractivity contribution in [3.05, 3.63) is 50.3 Å². The largest absolute Gasteiger partial charge is 0.493 e. The van der Waals surface area contributed by atoms with Crippen LogP contribution in [0.15, 0.2) is 23.0 Å². The van der Waals surface area contributed by atoms with Crippen LogP contribution in [0.5, 0.6) is 5.75 Å². The Morgan fingerprint density at radius 1 is 1.35 bits per heavy atom. The normalized spacial score (nSPS) is 18.9. The third-order valence-electron chi connectivity index (χ3n) is 6.18. The zero-order valence-corrected chi connectivity index (χ0v) is 18.0. The van der Waals surface area contributed by atoms with Crippen molar-refractivity contribution in [2.75, 3.05) is 19.5 Å². The number of methoxy groups -OCH3 is 1. The van der Waals surface area contributed by atoms with Crippen LogP contribution < -0.4 is 15.6 Å². The van der Waals surface area contributed by atoms with Gasteiger partial charge in [-0.25, -0.2) is 9.78 Å². The number of hydrogen-bond acceptors (Lipinski definition) is 7. The summed E-state index contributed by atoms with van der Waals surface area (Å²) in [6.07, 6.45) is 0.0979. The molecule has 0 aliphatic carbocycles. The molecule has 4 heterocycles. The van der Waals surface area contributed by atoms with E-state index in [0.29, 0.717) is 51.0 Å². The molecule has 2 aromatic heterocycles. The molecule has 0 saturated heterocycles. The first-order valence-corrected chi connectivity index (χ1v) is 10.3. The quantitative estimate of drug-likeness (QED) is 0.471. The molecule has 5 rings (SSSR count). The number of carbonyl (C=O) groups is 1. The van der Waals surface area contributed by atoms with Crippen molar-refractivity contribution in [2.45, 2.75) is 32.1 Å². The molecule has 0 spiro atoms. The van der Waals surface area contributed by atoms with Crippen LogP contribution in [0.2, 0.25) is 5.02 Å². The van der Waals surface area contributed by atoms with Crippen molar-refractivity contribution in [1.29, 1.82) is 0 Å². The lowest BCUT2D eigenvalue weighted by Gasteiger charge is -2.31. The molecular weight excluding hydrogens is 422 g/mol. The number of pyridine rings is 2. The number of rotatable bonds is 3. The summed E-state index contributed by atoms with van der Waals surface area (Å²) in [5, 5.41) is 15.3. The molecule has 2 aliphatic heterocycles. The van der Waals surface area contributed by atoms with Crippen LogP contribution in [-0.4, -0.2) is 34.8 Å². The summed E-state index contributed by atoms with van der Waals surface area (Å²) < 4.78 is 12.1. The number of cyclic esters (lactones) is 1. The molecule has 2 aliphatic rings. The lowest BCUT2D eigenvalue weighted by atomic mass is 9.86. The Morgan fingerprint density at radius 2 is 2.13 bits per heavy atom. The lowest BCUT2D eigenvalue weighted by Crippen LogP contribution is -2.44. The zero-order valence-electron chi connectivity index (χ0n) is 17.2. The molecule has 0 bridgehead atoms. The predicted octanol–water partition coefficient (Wildman–Crippen LogP) is 2.78. The van der Waals surface area contributed by atoms with Gasteiger partial charge in [0, 0.05) is 23.6 Å². The number of ether oxygens (including phenoxy) is 2. The summed E-state index contributed by atoms with van der Waals surface area (Å²) in [6, 6.07) is 5.37. The number of fused-ring (bicyclic) bond motifs is 5. The Morgan fingerprint density at radius 3 is 2.81 bits per heavy atom. The average Bonchev–Trinajstić information content (AvgIpc) is 3.12. The van der Waals surface area contributed by atoms with Crippen molar-refractivity contribution in [3.63, 3.8) is 0 Å². The SMILES string of the molecule is CC[C@@]1(O)C(=O)OCc2c1cc1n(c2=O)Cc2cc3c(NC)c(OC)c(Cl)cc3nc2-1. The van der Waals surface area contributed by atoms with Gasteiger partial charge in [0.25, 0.3) is 5.56 Å². The second-order valence-electron chi connectivity index (χ2n) is 7.68. The Kier molecular flexibility index (Phi) is 4.29.